The van der Waals surface area contributed by atoms with E-state index in [1.165, 1.54) is 0 Å². The van der Waals surface area contributed by atoms with Gasteiger partial charge in [-0.1, -0.05) is 0 Å². The fraction of sp³-hybridized carbons (Fsp3) is 0.875. The van der Waals surface area contributed by atoms with Gasteiger partial charge >= 0.3 is 5.97 Å². The summed E-state index contributed by atoms with van der Waals surface area (Å²) in [5.41, 5.74) is -0.476. The van der Waals surface area contributed by atoms with Crippen molar-refractivity contribution in [1.29, 1.82) is 0 Å². The molecule has 2 rings (SSSR count). The molecule has 2 fully saturated rings. The Hall–Kier alpha value is -0.570. The zero-order valence-corrected chi connectivity index (χ0v) is 7.18. The van der Waals surface area contributed by atoms with Crippen LogP contribution in [0.25, 0.3) is 0 Å². The molecule has 0 aromatic heterocycles. The van der Waals surface area contributed by atoms with Gasteiger partial charge in [-0.25, -0.2) is 4.79 Å². The number of esters is 1. The molecule has 0 amide bonds. The van der Waals surface area contributed by atoms with Crippen molar-refractivity contribution in [1.82, 2.24) is 4.90 Å². The van der Waals surface area contributed by atoms with Crippen molar-refractivity contribution < 1.29 is 9.53 Å². The Labute approximate surface area is 66.3 Å². The molecule has 0 aromatic carbocycles. The Kier molecular flexibility index (Phi) is 1.04. The van der Waals surface area contributed by atoms with E-state index in [9.17, 15) is 4.79 Å². The highest BCUT2D eigenvalue weighted by atomic mass is 16.6. The van der Waals surface area contributed by atoms with E-state index in [2.05, 4.69) is 4.90 Å². The van der Waals surface area contributed by atoms with Gasteiger partial charge in [-0.2, -0.15) is 0 Å². The smallest absolute Gasteiger partial charge is 0.329 e. The van der Waals surface area contributed by atoms with Gasteiger partial charge in [0.05, 0.1) is 0 Å². The molecule has 0 spiro atoms. The number of nitrogens with zero attached hydrogens (tertiary/aromatic N) is 1. The highest BCUT2D eigenvalue weighted by Gasteiger charge is 2.74. The van der Waals surface area contributed by atoms with E-state index in [1.807, 2.05) is 20.8 Å². The summed E-state index contributed by atoms with van der Waals surface area (Å²) in [6.07, 6.45) is 0. The SMILES string of the molecule is CC(C)(C)OC(=O)C12CN1C2. The molecule has 11 heavy (non-hydrogen) atoms. The van der Waals surface area contributed by atoms with Crippen LogP contribution in [0.5, 0.6) is 0 Å². The standard InChI is InChI=1S/C8H13NO2/c1-7(2,3)11-6(10)8-4-9(8)5-8/h4-5H2,1-3H3. The van der Waals surface area contributed by atoms with Crippen molar-refractivity contribution in [2.75, 3.05) is 13.1 Å². The summed E-state index contributed by atoms with van der Waals surface area (Å²) >= 11 is 0. The molecule has 0 aromatic rings. The van der Waals surface area contributed by atoms with Gasteiger partial charge in [0, 0.05) is 13.1 Å². The molecule has 0 saturated carbocycles. The van der Waals surface area contributed by atoms with Crippen molar-refractivity contribution in [2.45, 2.75) is 31.9 Å². The zero-order chi connectivity index (χ0) is 8.28. The molecule has 2 aliphatic rings. The molecule has 3 nitrogen and oxygen atoms in total. The van der Waals surface area contributed by atoms with E-state index in [1.54, 1.807) is 0 Å². The van der Waals surface area contributed by atoms with Crippen LogP contribution in [0.4, 0.5) is 0 Å². The van der Waals surface area contributed by atoms with Crippen LogP contribution in [0.15, 0.2) is 0 Å². The van der Waals surface area contributed by atoms with E-state index in [4.69, 9.17) is 4.74 Å². The first-order valence-corrected chi connectivity index (χ1v) is 3.93. The van der Waals surface area contributed by atoms with E-state index in [0.717, 1.165) is 13.1 Å². The molecule has 0 aliphatic carbocycles. The van der Waals surface area contributed by atoms with Crippen LogP contribution in [0, 0.1) is 0 Å². The lowest BCUT2D eigenvalue weighted by atomic mass is 10.1. The molecular formula is C8H13NO2. The molecule has 0 unspecified atom stereocenters. The second-order valence-corrected chi connectivity index (χ2v) is 4.39. The number of carbonyl (C=O) groups is 1. The van der Waals surface area contributed by atoms with Crippen LogP contribution in [0.1, 0.15) is 20.8 Å². The molecule has 62 valence electrons. The lowest BCUT2D eigenvalue weighted by molar-refractivity contribution is -0.155. The highest BCUT2D eigenvalue weighted by molar-refractivity contribution is 5.90. The minimum atomic E-state index is -0.331. The molecule has 2 saturated heterocycles. The van der Waals surface area contributed by atoms with Crippen molar-refractivity contribution in [2.24, 2.45) is 0 Å². The Balaban J connectivity index is 1.92. The molecule has 2 heterocycles. The van der Waals surface area contributed by atoms with Crippen molar-refractivity contribution in [3.63, 3.8) is 0 Å². The first-order valence-electron chi connectivity index (χ1n) is 3.93. The van der Waals surface area contributed by atoms with Crippen LogP contribution in [0.3, 0.4) is 0 Å². The monoisotopic (exact) mass is 155 g/mol. The van der Waals surface area contributed by atoms with Crippen molar-refractivity contribution in [3.8, 4) is 0 Å². The van der Waals surface area contributed by atoms with E-state index < -0.39 is 0 Å². The second kappa shape index (κ2) is 1.61. The van der Waals surface area contributed by atoms with Crippen LogP contribution < -0.4 is 0 Å². The molecule has 2 aliphatic heterocycles. The minimum absolute atomic E-state index is 0.0370. The Morgan fingerprint density at radius 3 is 2.18 bits per heavy atom. The molecule has 0 radical (unpaired) electrons. The number of carbonyl (C=O) groups excluding carboxylic acids is 1. The number of fused-ring (bicyclic) bond motifs is 1. The third kappa shape index (κ3) is 1.03. The van der Waals surface area contributed by atoms with Crippen LogP contribution in [-0.2, 0) is 9.53 Å². The third-order valence-electron chi connectivity index (χ3n) is 2.08. The predicted octanol–water partition coefficient (Wildman–Crippen LogP) is 0.396. The van der Waals surface area contributed by atoms with Crippen LogP contribution in [-0.4, -0.2) is 35.1 Å². The number of hydrogen-bond donors (Lipinski definition) is 0. The maximum atomic E-state index is 11.3. The predicted molar refractivity (Wildman–Crippen MR) is 40.1 cm³/mol. The van der Waals surface area contributed by atoms with Gasteiger partial charge < -0.3 is 4.74 Å². The molecular weight excluding hydrogens is 142 g/mol. The first-order chi connectivity index (χ1) is 4.94. The number of rotatable bonds is 1. The number of hydrogen-bond acceptors (Lipinski definition) is 3. The van der Waals surface area contributed by atoms with Gasteiger partial charge in [0.15, 0.2) is 0 Å². The van der Waals surface area contributed by atoms with Gasteiger partial charge in [0.1, 0.15) is 11.1 Å². The molecule has 3 heteroatoms. The summed E-state index contributed by atoms with van der Waals surface area (Å²) in [4.78, 5) is 13.4. The fourth-order valence-electron chi connectivity index (χ4n) is 1.15. The minimum Gasteiger partial charge on any atom is -0.459 e. The lowest BCUT2D eigenvalue weighted by Crippen LogP contribution is -2.30. The van der Waals surface area contributed by atoms with Crippen LogP contribution in [0.2, 0.25) is 0 Å². The third-order valence-corrected chi connectivity index (χ3v) is 2.08. The van der Waals surface area contributed by atoms with Gasteiger partial charge in [0.2, 0.25) is 0 Å². The van der Waals surface area contributed by atoms with Gasteiger partial charge in [0.25, 0.3) is 0 Å². The Morgan fingerprint density at radius 2 is 1.91 bits per heavy atom. The summed E-state index contributed by atoms with van der Waals surface area (Å²) in [7, 11) is 0. The largest absolute Gasteiger partial charge is 0.459 e. The zero-order valence-electron chi connectivity index (χ0n) is 7.18. The molecule has 0 N–H and O–H groups in total. The summed E-state index contributed by atoms with van der Waals surface area (Å²) in [5.74, 6) is -0.0370. The molecule has 0 atom stereocenters. The topological polar surface area (TPSA) is 29.3 Å². The first kappa shape index (κ1) is 7.10. The quantitative estimate of drug-likeness (QED) is 0.405. The summed E-state index contributed by atoms with van der Waals surface area (Å²) in [6, 6.07) is 0. The van der Waals surface area contributed by atoms with Crippen LogP contribution >= 0.6 is 0 Å². The van der Waals surface area contributed by atoms with Crippen molar-refractivity contribution >= 4 is 5.97 Å². The van der Waals surface area contributed by atoms with Crippen molar-refractivity contribution in [3.05, 3.63) is 0 Å². The van der Waals surface area contributed by atoms with Gasteiger partial charge in [-0.3, -0.25) is 4.90 Å². The average Bonchev–Trinajstić information content (AvgIpc) is 2.36. The average molecular weight is 155 g/mol. The number of ether oxygens (including phenoxy) is 1. The Morgan fingerprint density at radius 1 is 1.45 bits per heavy atom. The highest BCUT2D eigenvalue weighted by Crippen LogP contribution is 2.50. The van der Waals surface area contributed by atoms with Gasteiger partial charge in [-0.05, 0) is 20.8 Å². The van der Waals surface area contributed by atoms with E-state index >= 15 is 0 Å². The fourth-order valence-corrected chi connectivity index (χ4v) is 1.15. The van der Waals surface area contributed by atoms with Gasteiger partial charge in [-0.15, -0.1) is 0 Å². The van der Waals surface area contributed by atoms with E-state index in [0.29, 0.717) is 0 Å². The second-order valence-electron chi connectivity index (χ2n) is 4.39. The maximum absolute atomic E-state index is 11.3. The lowest BCUT2D eigenvalue weighted by Gasteiger charge is -2.19. The summed E-state index contributed by atoms with van der Waals surface area (Å²) in [6.45, 7) is 7.54. The maximum Gasteiger partial charge on any atom is 0.329 e. The normalized spacial score (nSPS) is 39.4. The summed E-state index contributed by atoms with van der Waals surface area (Å²) < 4.78 is 5.23. The van der Waals surface area contributed by atoms with E-state index in [-0.39, 0.29) is 17.1 Å². The summed E-state index contributed by atoms with van der Waals surface area (Å²) in [5, 5.41) is 0. The molecule has 0 bridgehead atoms. The Bertz CT molecular complexity index is 211.